The quantitative estimate of drug-likeness (QED) is 0.208. The van der Waals surface area contributed by atoms with Crippen LogP contribution < -0.4 is 14.8 Å². The van der Waals surface area contributed by atoms with Gasteiger partial charge in [0, 0.05) is 25.1 Å². The molecule has 0 bridgehead atoms. The summed E-state index contributed by atoms with van der Waals surface area (Å²) in [4.78, 5) is 28.3. The number of nitrogens with one attached hydrogen (secondary N) is 2. The Morgan fingerprint density at radius 3 is 2.18 bits per heavy atom. The van der Waals surface area contributed by atoms with E-state index in [1.165, 1.54) is 36.4 Å². The summed E-state index contributed by atoms with van der Waals surface area (Å²) in [5, 5.41) is 22.3. The van der Waals surface area contributed by atoms with Crippen LogP contribution in [0.15, 0.2) is 108 Å². The van der Waals surface area contributed by atoms with Crippen LogP contribution in [0.3, 0.4) is 0 Å². The number of phenols is 1. The van der Waals surface area contributed by atoms with E-state index in [-0.39, 0.29) is 34.2 Å². The van der Waals surface area contributed by atoms with Crippen molar-refractivity contribution < 1.29 is 33.0 Å². The number of likely N-dealkylation sites (tertiary alicyclic amines) is 1. The zero-order valence-electron chi connectivity index (χ0n) is 23.8. The Balaban J connectivity index is 1.30. The van der Waals surface area contributed by atoms with Gasteiger partial charge in [0.1, 0.15) is 17.5 Å². The van der Waals surface area contributed by atoms with Crippen LogP contribution in [0.4, 0.5) is 5.69 Å². The molecule has 1 fully saturated rings. The van der Waals surface area contributed by atoms with E-state index in [0.29, 0.717) is 37.4 Å². The molecule has 1 atom stereocenters. The Morgan fingerprint density at radius 1 is 0.864 bits per heavy atom. The molecule has 4 N–H and O–H groups in total. The molecular weight excluding hydrogens is 582 g/mol. The number of phenolic OH excluding ortho intramolecular Hbond substituents is 1. The molecule has 4 aromatic rings. The largest absolute Gasteiger partial charge is 0.508 e. The molecule has 0 aromatic heterocycles. The predicted molar refractivity (Wildman–Crippen MR) is 165 cm³/mol. The zero-order valence-corrected chi connectivity index (χ0v) is 24.6. The Morgan fingerprint density at radius 2 is 1.50 bits per heavy atom. The van der Waals surface area contributed by atoms with Gasteiger partial charge in [-0.3, -0.25) is 14.3 Å². The van der Waals surface area contributed by atoms with E-state index >= 15 is 0 Å². The number of hydrogen-bond acceptors (Lipinski definition) is 7. The van der Waals surface area contributed by atoms with Crippen LogP contribution in [0.5, 0.6) is 17.2 Å². The number of carbonyl (C=O) groups excluding carboxylic acids is 2. The number of benzene rings is 4. The summed E-state index contributed by atoms with van der Waals surface area (Å²) in [7, 11) is -4.03. The number of amides is 2. The molecule has 0 aliphatic carbocycles. The van der Waals surface area contributed by atoms with Crippen LogP contribution in [-0.4, -0.2) is 60.6 Å². The van der Waals surface area contributed by atoms with Crippen LogP contribution in [0.1, 0.15) is 28.8 Å². The third-order valence-corrected chi connectivity index (χ3v) is 8.67. The van der Waals surface area contributed by atoms with E-state index in [1.807, 2.05) is 18.2 Å². The zero-order chi connectivity index (χ0) is 31.1. The molecule has 0 saturated carbocycles. The van der Waals surface area contributed by atoms with Crippen molar-refractivity contribution in [1.29, 1.82) is 0 Å². The normalized spacial score (nSPS) is 14.4. The first-order chi connectivity index (χ1) is 21.2. The molecule has 5 rings (SSSR count). The second kappa shape index (κ2) is 13.6. The summed E-state index contributed by atoms with van der Waals surface area (Å²) in [6.45, 7) is 0.752. The fourth-order valence-electron chi connectivity index (χ4n) is 4.86. The highest BCUT2D eigenvalue weighted by Gasteiger charge is 2.29. The SMILES string of the molecule is O=C(NC(Cc1ccc(O)cc1)C(=O)N1CCC(O)CC1)c1ccc(S(=O)(=O)Nc2ccccc2Oc2ccccc2)cc1. The summed E-state index contributed by atoms with van der Waals surface area (Å²) in [5.74, 6) is 0.138. The Bertz CT molecular complexity index is 1690. The number of anilines is 1. The van der Waals surface area contributed by atoms with Gasteiger partial charge in [0.05, 0.1) is 16.7 Å². The highest BCUT2D eigenvalue weighted by Crippen LogP contribution is 2.31. The van der Waals surface area contributed by atoms with Gasteiger partial charge in [0.2, 0.25) is 5.91 Å². The van der Waals surface area contributed by atoms with Crippen molar-refractivity contribution in [3.05, 3.63) is 114 Å². The average Bonchev–Trinajstić information content (AvgIpc) is 3.03. The van der Waals surface area contributed by atoms with Gasteiger partial charge in [-0.05, 0) is 79.1 Å². The molecule has 1 saturated heterocycles. The van der Waals surface area contributed by atoms with Crippen molar-refractivity contribution in [2.24, 2.45) is 0 Å². The minimum absolute atomic E-state index is 0.0628. The predicted octanol–water partition coefficient (Wildman–Crippen LogP) is 4.31. The second-order valence-electron chi connectivity index (χ2n) is 10.5. The minimum Gasteiger partial charge on any atom is -0.508 e. The average molecular weight is 616 g/mol. The third kappa shape index (κ3) is 7.74. The lowest BCUT2D eigenvalue weighted by Crippen LogP contribution is -2.52. The number of rotatable bonds is 10. The number of sulfonamides is 1. The molecule has 2 amide bonds. The summed E-state index contributed by atoms with van der Waals surface area (Å²) in [6, 6.07) is 26.5. The van der Waals surface area contributed by atoms with Gasteiger partial charge >= 0.3 is 0 Å². The summed E-state index contributed by atoms with van der Waals surface area (Å²) >= 11 is 0. The number of aliphatic hydroxyl groups is 1. The molecular formula is C33H33N3O7S. The Kier molecular flexibility index (Phi) is 9.47. The lowest BCUT2D eigenvalue weighted by Gasteiger charge is -2.32. The molecule has 1 unspecified atom stereocenters. The lowest BCUT2D eigenvalue weighted by atomic mass is 10.0. The van der Waals surface area contributed by atoms with Crippen molar-refractivity contribution in [3.8, 4) is 17.2 Å². The first-order valence-electron chi connectivity index (χ1n) is 14.2. The number of aliphatic hydroxyl groups excluding tert-OH is 1. The summed E-state index contributed by atoms with van der Waals surface area (Å²) in [5.41, 5.74) is 1.16. The van der Waals surface area contributed by atoms with Crippen LogP contribution in [0, 0.1) is 0 Å². The maximum absolute atomic E-state index is 13.4. The fourth-order valence-corrected chi connectivity index (χ4v) is 5.93. The fraction of sp³-hybridized carbons (Fsp3) is 0.212. The lowest BCUT2D eigenvalue weighted by molar-refractivity contribution is -0.135. The van der Waals surface area contributed by atoms with Crippen molar-refractivity contribution >= 4 is 27.5 Å². The summed E-state index contributed by atoms with van der Waals surface area (Å²) in [6.07, 6.45) is 0.639. The molecule has 1 aliphatic rings. The number of aromatic hydroxyl groups is 1. The van der Waals surface area contributed by atoms with Gasteiger partial charge in [-0.1, -0.05) is 42.5 Å². The molecule has 0 spiro atoms. The van der Waals surface area contributed by atoms with Gasteiger partial charge < -0.3 is 25.2 Å². The Labute approximate surface area is 256 Å². The molecule has 4 aromatic carbocycles. The highest BCUT2D eigenvalue weighted by atomic mass is 32.2. The second-order valence-corrected chi connectivity index (χ2v) is 12.2. The maximum Gasteiger partial charge on any atom is 0.262 e. The maximum atomic E-state index is 13.4. The number of hydrogen-bond donors (Lipinski definition) is 4. The number of nitrogens with zero attached hydrogens (tertiary/aromatic N) is 1. The number of ether oxygens (including phenoxy) is 1. The van der Waals surface area contributed by atoms with Gasteiger partial charge in [-0.2, -0.15) is 0 Å². The van der Waals surface area contributed by atoms with Crippen molar-refractivity contribution in [2.45, 2.75) is 36.3 Å². The van der Waals surface area contributed by atoms with Gasteiger partial charge in [-0.15, -0.1) is 0 Å². The molecule has 0 radical (unpaired) electrons. The Hall–Kier alpha value is -4.87. The molecule has 44 heavy (non-hydrogen) atoms. The van der Waals surface area contributed by atoms with E-state index in [9.17, 15) is 28.2 Å². The van der Waals surface area contributed by atoms with Crippen molar-refractivity contribution in [2.75, 3.05) is 17.8 Å². The molecule has 1 aliphatic heterocycles. The third-order valence-electron chi connectivity index (χ3n) is 7.28. The van der Waals surface area contributed by atoms with Crippen LogP contribution in [0.25, 0.3) is 0 Å². The first kappa shape index (κ1) is 30.6. The van der Waals surface area contributed by atoms with Gasteiger partial charge in [0.15, 0.2) is 5.75 Å². The first-order valence-corrected chi connectivity index (χ1v) is 15.7. The van der Waals surface area contributed by atoms with E-state index in [0.717, 1.165) is 5.56 Å². The number of carbonyl (C=O) groups is 2. The van der Waals surface area contributed by atoms with Crippen LogP contribution >= 0.6 is 0 Å². The molecule has 10 nitrogen and oxygen atoms in total. The van der Waals surface area contributed by atoms with Gasteiger partial charge in [0.25, 0.3) is 15.9 Å². The van der Waals surface area contributed by atoms with E-state index < -0.39 is 28.1 Å². The minimum atomic E-state index is -4.03. The summed E-state index contributed by atoms with van der Waals surface area (Å²) < 4.78 is 34.9. The van der Waals surface area contributed by atoms with Crippen molar-refractivity contribution in [3.63, 3.8) is 0 Å². The number of piperidine rings is 1. The highest BCUT2D eigenvalue weighted by molar-refractivity contribution is 7.92. The topological polar surface area (TPSA) is 145 Å². The molecule has 228 valence electrons. The van der Waals surface area contributed by atoms with Crippen molar-refractivity contribution in [1.82, 2.24) is 10.2 Å². The van der Waals surface area contributed by atoms with Gasteiger partial charge in [-0.25, -0.2) is 8.42 Å². The van der Waals surface area contributed by atoms with Crippen LogP contribution in [-0.2, 0) is 21.2 Å². The number of para-hydroxylation sites is 3. The van der Waals surface area contributed by atoms with Crippen LogP contribution in [0.2, 0.25) is 0 Å². The standard InChI is InChI=1S/C33H33N3O7S/c37-25-14-10-23(11-15-25)22-30(33(40)36-20-18-26(38)19-21-36)34-32(39)24-12-16-28(17-13-24)44(41,42)35-29-8-4-5-9-31(29)43-27-6-2-1-3-7-27/h1-17,26,30,35,37-38H,18-22H2,(H,34,39). The smallest absolute Gasteiger partial charge is 0.262 e. The monoisotopic (exact) mass is 615 g/mol. The molecule has 1 heterocycles. The van der Waals surface area contributed by atoms with E-state index in [1.54, 1.807) is 53.4 Å². The van der Waals surface area contributed by atoms with E-state index in [2.05, 4.69) is 10.0 Å². The van der Waals surface area contributed by atoms with E-state index in [4.69, 9.17) is 4.74 Å². The molecule has 11 heteroatoms.